The number of aliphatic hydroxyl groups is 1. The average Bonchev–Trinajstić information content (AvgIpc) is 2.70. The van der Waals surface area contributed by atoms with Crippen molar-refractivity contribution in [3.63, 3.8) is 0 Å². The lowest BCUT2D eigenvalue weighted by Gasteiger charge is -2.19. The fourth-order valence-electron chi connectivity index (χ4n) is 2.87. The van der Waals surface area contributed by atoms with E-state index >= 15 is 0 Å². The second kappa shape index (κ2) is 10.4. The standard InChI is InChI=1S/C20H26N4O5/c1-23(15-5-7-16(8-6-15)24(28)29)11-3-2-10-22-13-19(26)14-4-9-18(25)17(12-14)20(21)27/h4-9,12,19,22,25-26H,2-3,10-11,13H2,1H3,(H2,21,27). The first-order valence-corrected chi connectivity index (χ1v) is 9.26. The molecule has 1 unspecified atom stereocenters. The zero-order valence-electron chi connectivity index (χ0n) is 16.2. The van der Waals surface area contributed by atoms with Crippen LogP contribution >= 0.6 is 0 Å². The smallest absolute Gasteiger partial charge is 0.269 e. The number of aromatic hydroxyl groups is 1. The average molecular weight is 402 g/mol. The van der Waals surface area contributed by atoms with E-state index in [2.05, 4.69) is 5.32 Å². The summed E-state index contributed by atoms with van der Waals surface area (Å²) in [6.07, 6.45) is 0.963. The van der Waals surface area contributed by atoms with E-state index in [9.17, 15) is 25.1 Å². The number of hydrogen-bond donors (Lipinski definition) is 4. The van der Waals surface area contributed by atoms with Crippen molar-refractivity contribution in [1.29, 1.82) is 0 Å². The van der Waals surface area contributed by atoms with Gasteiger partial charge in [0.15, 0.2) is 0 Å². The summed E-state index contributed by atoms with van der Waals surface area (Å²) < 4.78 is 0. The zero-order chi connectivity index (χ0) is 21.4. The number of anilines is 1. The predicted octanol–water partition coefficient (Wildman–Crippen LogP) is 1.94. The SMILES string of the molecule is CN(CCCCNCC(O)c1ccc(O)c(C(N)=O)c1)c1ccc([N+](=O)[O-])cc1. The molecular weight excluding hydrogens is 376 g/mol. The predicted molar refractivity (Wildman–Crippen MR) is 110 cm³/mol. The van der Waals surface area contributed by atoms with Crippen LogP contribution in [0.4, 0.5) is 11.4 Å². The van der Waals surface area contributed by atoms with Gasteiger partial charge in [0.25, 0.3) is 11.6 Å². The maximum Gasteiger partial charge on any atom is 0.269 e. The molecule has 0 saturated heterocycles. The van der Waals surface area contributed by atoms with E-state index in [0.717, 1.165) is 25.1 Å². The number of nitro benzene ring substituents is 1. The van der Waals surface area contributed by atoms with E-state index in [1.807, 2.05) is 11.9 Å². The van der Waals surface area contributed by atoms with Gasteiger partial charge in [0.05, 0.1) is 16.6 Å². The third-order valence-electron chi connectivity index (χ3n) is 4.61. The number of non-ortho nitro benzene ring substituents is 1. The van der Waals surface area contributed by atoms with Gasteiger partial charge in [-0.05, 0) is 49.2 Å². The molecule has 5 N–H and O–H groups in total. The number of carbonyl (C=O) groups excluding carboxylic acids is 1. The molecule has 0 aliphatic rings. The van der Waals surface area contributed by atoms with Gasteiger partial charge >= 0.3 is 0 Å². The Hall–Kier alpha value is -3.17. The molecule has 0 aliphatic carbocycles. The first kappa shape index (κ1) is 22.1. The number of rotatable bonds is 11. The monoisotopic (exact) mass is 402 g/mol. The number of unbranched alkanes of at least 4 members (excludes halogenated alkanes) is 1. The summed E-state index contributed by atoms with van der Waals surface area (Å²) in [6.45, 7) is 1.80. The fraction of sp³-hybridized carbons (Fsp3) is 0.350. The van der Waals surface area contributed by atoms with Crippen molar-refractivity contribution in [1.82, 2.24) is 5.32 Å². The number of amides is 1. The summed E-state index contributed by atoms with van der Waals surface area (Å²) in [5, 5.41) is 33.7. The summed E-state index contributed by atoms with van der Waals surface area (Å²) in [6, 6.07) is 10.7. The van der Waals surface area contributed by atoms with Crippen molar-refractivity contribution in [2.45, 2.75) is 18.9 Å². The van der Waals surface area contributed by atoms with E-state index in [1.54, 1.807) is 18.2 Å². The Balaban J connectivity index is 1.69. The minimum absolute atomic E-state index is 0.0177. The Kier molecular flexibility index (Phi) is 7.93. The van der Waals surface area contributed by atoms with Gasteiger partial charge in [-0.15, -0.1) is 0 Å². The number of carbonyl (C=O) groups is 1. The van der Waals surface area contributed by atoms with Crippen LogP contribution in [0.2, 0.25) is 0 Å². The van der Waals surface area contributed by atoms with Gasteiger partial charge in [-0.1, -0.05) is 6.07 Å². The molecule has 9 heteroatoms. The number of nitro groups is 1. The Bertz CT molecular complexity index is 841. The first-order chi connectivity index (χ1) is 13.8. The molecule has 0 bridgehead atoms. The molecule has 156 valence electrons. The van der Waals surface area contributed by atoms with Crippen molar-refractivity contribution in [2.75, 3.05) is 31.6 Å². The molecule has 2 rings (SSSR count). The van der Waals surface area contributed by atoms with Crippen molar-refractivity contribution in [3.8, 4) is 5.75 Å². The molecule has 2 aromatic rings. The van der Waals surface area contributed by atoms with Gasteiger partial charge in [0.2, 0.25) is 0 Å². The number of primary amides is 1. The lowest BCUT2D eigenvalue weighted by molar-refractivity contribution is -0.384. The number of aliphatic hydroxyl groups excluding tert-OH is 1. The molecule has 0 heterocycles. The van der Waals surface area contributed by atoms with Crippen LogP contribution in [0.5, 0.6) is 5.75 Å². The van der Waals surface area contributed by atoms with Gasteiger partial charge in [-0.25, -0.2) is 0 Å². The lowest BCUT2D eigenvalue weighted by atomic mass is 10.0. The minimum atomic E-state index is -0.823. The van der Waals surface area contributed by atoms with Crippen LogP contribution in [0.15, 0.2) is 42.5 Å². The number of hydrogen-bond acceptors (Lipinski definition) is 7. The van der Waals surface area contributed by atoms with E-state index in [4.69, 9.17) is 5.73 Å². The van der Waals surface area contributed by atoms with Gasteiger partial charge < -0.3 is 26.2 Å². The summed E-state index contributed by atoms with van der Waals surface area (Å²) in [4.78, 5) is 23.6. The second-order valence-electron chi connectivity index (χ2n) is 6.76. The molecule has 1 amide bonds. The molecule has 0 radical (unpaired) electrons. The molecule has 0 fully saturated rings. The Morgan fingerprint density at radius 1 is 1.24 bits per heavy atom. The van der Waals surface area contributed by atoms with Gasteiger partial charge in [0, 0.05) is 38.0 Å². The molecule has 0 aliphatic heterocycles. The first-order valence-electron chi connectivity index (χ1n) is 9.26. The summed E-state index contributed by atoms with van der Waals surface area (Å²) in [5.74, 6) is -0.958. The maximum absolute atomic E-state index is 11.3. The molecule has 9 nitrogen and oxygen atoms in total. The van der Waals surface area contributed by atoms with Gasteiger partial charge in [-0.2, -0.15) is 0 Å². The largest absolute Gasteiger partial charge is 0.507 e. The van der Waals surface area contributed by atoms with E-state index in [0.29, 0.717) is 18.7 Å². The van der Waals surface area contributed by atoms with Gasteiger partial charge in [0.1, 0.15) is 5.75 Å². The topological polar surface area (TPSA) is 142 Å². The number of nitrogens with two attached hydrogens (primary N) is 1. The third kappa shape index (κ3) is 6.44. The van der Waals surface area contributed by atoms with Crippen molar-refractivity contribution in [3.05, 3.63) is 63.7 Å². The zero-order valence-corrected chi connectivity index (χ0v) is 16.2. The minimum Gasteiger partial charge on any atom is -0.507 e. The van der Waals surface area contributed by atoms with Crippen molar-refractivity contribution in [2.24, 2.45) is 5.73 Å². The quantitative estimate of drug-likeness (QED) is 0.256. The number of phenols is 1. The van der Waals surface area contributed by atoms with Crippen LogP contribution in [0, 0.1) is 10.1 Å². The van der Waals surface area contributed by atoms with Crippen LogP contribution in [0.1, 0.15) is 34.9 Å². The van der Waals surface area contributed by atoms with E-state index in [1.165, 1.54) is 24.3 Å². The fourth-order valence-corrected chi connectivity index (χ4v) is 2.87. The summed E-state index contributed by atoms with van der Waals surface area (Å²) in [7, 11) is 1.93. The van der Waals surface area contributed by atoms with Crippen LogP contribution in [-0.2, 0) is 0 Å². The van der Waals surface area contributed by atoms with Crippen LogP contribution in [0.25, 0.3) is 0 Å². The molecular formula is C20H26N4O5. The van der Waals surface area contributed by atoms with Crippen molar-refractivity contribution < 1.29 is 19.9 Å². The van der Waals surface area contributed by atoms with Gasteiger partial charge in [-0.3, -0.25) is 14.9 Å². The molecule has 0 spiro atoms. The van der Waals surface area contributed by atoms with E-state index in [-0.39, 0.29) is 17.0 Å². The number of nitrogens with one attached hydrogen (secondary N) is 1. The maximum atomic E-state index is 11.3. The highest BCUT2D eigenvalue weighted by atomic mass is 16.6. The van der Waals surface area contributed by atoms with E-state index < -0.39 is 16.9 Å². The lowest BCUT2D eigenvalue weighted by Crippen LogP contribution is -2.24. The Labute approximate surface area is 168 Å². The number of nitrogens with zero attached hydrogens (tertiary/aromatic N) is 2. The highest BCUT2D eigenvalue weighted by Gasteiger charge is 2.13. The number of benzene rings is 2. The second-order valence-corrected chi connectivity index (χ2v) is 6.76. The van der Waals surface area contributed by atoms with Crippen LogP contribution in [0.3, 0.4) is 0 Å². The highest BCUT2D eigenvalue weighted by molar-refractivity contribution is 5.95. The highest BCUT2D eigenvalue weighted by Crippen LogP contribution is 2.22. The Morgan fingerprint density at radius 3 is 2.55 bits per heavy atom. The van der Waals surface area contributed by atoms with Crippen LogP contribution in [-0.4, -0.2) is 47.7 Å². The summed E-state index contributed by atoms with van der Waals surface area (Å²) >= 11 is 0. The molecule has 0 saturated carbocycles. The molecule has 2 aromatic carbocycles. The van der Waals surface area contributed by atoms with Crippen molar-refractivity contribution >= 4 is 17.3 Å². The Morgan fingerprint density at radius 2 is 1.93 bits per heavy atom. The molecule has 1 atom stereocenters. The summed E-state index contributed by atoms with van der Waals surface area (Å²) in [5.41, 5.74) is 6.66. The molecule has 0 aromatic heterocycles. The third-order valence-corrected chi connectivity index (χ3v) is 4.61. The normalized spacial score (nSPS) is 11.8. The van der Waals surface area contributed by atoms with Crippen LogP contribution < -0.4 is 16.0 Å². The molecule has 29 heavy (non-hydrogen) atoms.